The molecular formula is C27H20I2N2O5. The van der Waals surface area contributed by atoms with E-state index in [0.717, 1.165) is 34.8 Å². The van der Waals surface area contributed by atoms with Crippen LogP contribution in [0.3, 0.4) is 0 Å². The van der Waals surface area contributed by atoms with Crippen molar-refractivity contribution in [3.8, 4) is 11.5 Å². The monoisotopic (exact) mass is 706 g/mol. The van der Waals surface area contributed by atoms with Gasteiger partial charge in [-0.05, 0) is 103 Å². The van der Waals surface area contributed by atoms with Crippen molar-refractivity contribution in [2.75, 3.05) is 7.11 Å². The van der Waals surface area contributed by atoms with E-state index in [2.05, 4.69) is 55.7 Å². The predicted molar refractivity (Wildman–Crippen MR) is 155 cm³/mol. The number of hydrogen-bond acceptors (Lipinski definition) is 5. The lowest BCUT2D eigenvalue weighted by atomic mass is 10.1. The molecule has 36 heavy (non-hydrogen) atoms. The number of nitrogens with zero attached hydrogens (tertiary/aromatic N) is 1. The molecule has 2 N–H and O–H groups in total. The van der Waals surface area contributed by atoms with Crippen LogP contribution >= 0.6 is 45.2 Å². The van der Waals surface area contributed by atoms with Gasteiger partial charge in [0.1, 0.15) is 18.1 Å². The predicted octanol–water partition coefficient (Wildman–Crippen LogP) is 6.10. The maximum absolute atomic E-state index is 12.8. The lowest BCUT2D eigenvalue weighted by molar-refractivity contribution is 0.0696. The summed E-state index contributed by atoms with van der Waals surface area (Å²) in [6.07, 6.45) is 1.57. The van der Waals surface area contributed by atoms with Crippen molar-refractivity contribution in [1.29, 1.82) is 0 Å². The highest BCUT2D eigenvalue weighted by Gasteiger charge is 2.14. The molecule has 0 saturated carbocycles. The second-order valence-electron chi connectivity index (χ2n) is 7.70. The Balaban J connectivity index is 1.43. The lowest BCUT2D eigenvalue weighted by Crippen LogP contribution is -2.18. The molecule has 9 heteroatoms. The number of hydrazone groups is 1. The van der Waals surface area contributed by atoms with Crippen molar-refractivity contribution in [1.82, 2.24) is 5.43 Å². The van der Waals surface area contributed by atoms with E-state index in [1.165, 1.54) is 7.11 Å². The molecule has 0 aliphatic rings. The largest absolute Gasteiger partial charge is 0.496 e. The van der Waals surface area contributed by atoms with Gasteiger partial charge in [-0.1, -0.05) is 36.4 Å². The van der Waals surface area contributed by atoms with Crippen LogP contribution in [0.15, 0.2) is 77.9 Å². The molecule has 4 aromatic rings. The molecule has 0 bridgehead atoms. The Morgan fingerprint density at radius 1 is 0.972 bits per heavy atom. The van der Waals surface area contributed by atoms with Crippen molar-refractivity contribution in [2.24, 2.45) is 5.10 Å². The minimum atomic E-state index is -0.962. The van der Waals surface area contributed by atoms with Crippen molar-refractivity contribution in [3.63, 3.8) is 0 Å². The summed E-state index contributed by atoms with van der Waals surface area (Å²) in [5.74, 6) is -0.131. The number of carbonyl (C=O) groups excluding carboxylic acids is 1. The van der Waals surface area contributed by atoms with Gasteiger partial charge in [-0.15, -0.1) is 0 Å². The SMILES string of the molecule is COc1cc2ccccc2cc1C(=O)N/N=C\c1cc(I)c(OCc2ccc(C(=O)O)cc2)c(I)c1. The Bertz CT molecular complexity index is 1450. The van der Waals surface area contributed by atoms with Crippen LogP contribution < -0.4 is 14.9 Å². The standard InChI is InChI=1S/C27H20I2N2O5/c1-35-24-13-20-5-3-2-4-19(20)12-21(24)26(32)31-30-14-17-10-22(28)25(23(29)11-17)36-15-16-6-8-18(9-7-16)27(33)34/h2-14H,15H2,1H3,(H,31,32)(H,33,34)/b30-14-. The summed E-state index contributed by atoms with van der Waals surface area (Å²) < 4.78 is 13.1. The molecule has 0 aliphatic carbocycles. The van der Waals surface area contributed by atoms with Gasteiger partial charge in [-0.3, -0.25) is 4.79 Å². The Hall–Kier alpha value is -3.19. The summed E-state index contributed by atoms with van der Waals surface area (Å²) in [5, 5.41) is 15.1. The number of nitrogens with one attached hydrogen (secondary N) is 1. The molecule has 0 radical (unpaired) electrons. The van der Waals surface area contributed by atoms with E-state index in [0.29, 0.717) is 17.9 Å². The van der Waals surface area contributed by atoms with E-state index in [9.17, 15) is 9.59 Å². The van der Waals surface area contributed by atoms with Crippen LogP contribution in [-0.2, 0) is 6.61 Å². The van der Waals surface area contributed by atoms with Crippen LogP contribution in [0, 0.1) is 7.14 Å². The Labute approximate surface area is 234 Å². The second kappa shape index (κ2) is 11.7. The highest BCUT2D eigenvalue weighted by molar-refractivity contribution is 14.1. The summed E-state index contributed by atoms with van der Waals surface area (Å²) in [6, 6.07) is 21.7. The molecule has 0 atom stereocenters. The van der Waals surface area contributed by atoms with E-state index in [1.807, 2.05) is 42.5 Å². The third kappa shape index (κ3) is 6.13. The molecule has 182 valence electrons. The average molecular weight is 706 g/mol. The molecular weight excluding hydrogens is 686 g/mol. The number of halogens is 2. The van der Waals surface area contributed by atoms with E-state index in [4.69, 9.17) is 14.6 Å². The second-order valence-corrected chi connectivity index (χ2v) is 10.0. The maximum atomic E-state index is 12.8. The highest BCUT2D eigenvalue weighted by Crippen LogP contribution is 2.29. The van der Waals surface area contributed by atoms with Crippen molar-refractivity contribution in [2.45, 2.75) is 6.61 Å². The number of hydrogen-bond donors (Lipinski definition) is 2. The molecule has 0 aromatic heterocycles. The van der Waals surface area contributed by atoms with Crippen LogP contribution in [0.5, 0.6) is 11.5 Å². The van der Waals surface area contributed by atoms with Gasteiger partial charge in [0.25, 0.3) is 5.91 Å². The first-order chi connectivity index (χ1) is 17.4. The van der Waals surface area contributed by atoms with Crippen LogP contribution in [0.4, 0.5) is 0 Å². The third-order valence-electron chi connectivity index (χ3n) is 5.30. The van der Waals surface area contributed by atoms with Crippen molar-refractivity contribution >= 4 is 74.0 Å². The number of aromatic carboxylic acids is 1. The summed E-state index contributed by atoms with van der Waals surface area (Å²) in [6.45, 7) is 0.309. The van der Waals surface area contributed by atoms with Gasteiger partial charge in [0.2, 0.25) is 0 Å². The first kappa shape index (κ1) is 25.9. The van der Waals surface area contributed by atoms with Gasteiger partial charge in [0, 0.05) is 0 Å². The minimum Gasteiger partial charge on any atom is -0.496 e. The molecule has 4 rings (SSSR count). The lowest BCUT2D eigenvalue weighted by Gasteiger charge is -2.12. The molecule has 0 unspecified atom stereocenters. The van der Waals surface area contributed by atoms with Crippen LogP contribution in [-0.4, -0.2) is 30.3 Å². The number of rotatable bonds is 8. The zero-order valence-corrected chi connectivity index (χ0v) is 23.3. The van der Waals surface area contributed by atoms with E-state index >= 15 is 0 Å². The number of ether oxygens (including phenoxy) is 2. The maximum Gasteiger partial charge on any atom is 0.335 e. The number of methoxy groups -OCH3 is 1. The number of carbonyl (C=O) groups is 2. The van der Waals surface area contributed by atoms with Gasteiger partial charge in [-0.25, -0.2) is 10.2 Å². The Kier molecular flexibility index (Phi) is 8.41. The van der Waals surface area contributed by atoms with E-state index < -0.39 is 5.97 Å². The molecule has 1 amide bonds. The molecule has 0 saturated heterocycles. The molecule has 7 nitrogen and oxygen atoms in total. The van der Waals surface area contributed by atoms with E-state index in [-0.39, 0.29) is 11.5 Å². The molecule has 0 spiro atoms. The number of fused-ring (bicyclic) bond motifs is 1. The normalized spacial score (nSPS) is 11.0. The summed E-state index contributed by atoms with van der Waals surface area (Å²) in [7, 11) is 1.53. The number of amides is 1. The van der Waals surface area contributed by atoms with Crippen LogP contribution in [0.1, 0.15) is 31.8 Å². The first-order valence-electron chi connectivity index (χ1n) is 10.7. The highest BCUT2D eigenvalue weighted by atomic mass is 127. The molecule has 0 aliphatic heterocycles. The van der Waals surface area contributed by atoms with Crippen LogP contribution in [0.25, 0.3) is 10.8 Å². The topological polar surface area (TPSA) is 97.2 Å². The quantitative estimate of drug-likeness (QED) is 0.131. The van der Waals surface area contributed by atoms with E-state index in [1.54, 1.807) is 36.5 Å². The average Bonchev–Trinajstić information content (AvgIpc) is 2.87. The fourth-order valence-electron chi connectivity index (χ4n) is 3.48. The summed E-state index contributed by atoms with van der Waals surface area (Å²) in [4.78, 5) is 23.8. The Morgan fingerprint density at radius 2 is 1.61 bits per heavy atom. The van der Waals surface area contributed by atoms with Crippen molar-refractivity contribution < 1.29 is 24.2 Å². The molecule has 0 heterocycles. The van der Waals surface area contributed by atoms with Gasteiger partial charge in [0.05, 0.1) is 31.6 Å². The Morgan fingerprint density at radius 3 is 2.22 bits per heavy atom. The van der Waals surface area contributed by atoms with Crippen molar-refractivity contribution in [3.05, 3.63) is 102 Å². The van der Waals surface area contributed by atoms with Gasteiger partial charge in [0.15, 0.2) is 0 Å². The zero-order chi connectivity index (χ0) is 25.7. The smallest absolute Gasteiger partial charge is 0.335 e. The number of carboxylic acid groups (broad SMARTS) is 1. The van der Waals surface area contributed by atoms with Gasteiger partial charge in [-0.2, -0.15) is 5.10 Å². The number of benzene rings is 4. The summed E-state index contributed by atoms with van der Waals surface area (Å²) in [5.41, 5.74) is 4.87. The third-order valence-corrected chi connectivity index (χ3v) is 6.90. The summed E-state index contributed by atoms with van der Waals surface area (Å²) >= 11 is 4.37. The van der Waals surface area contributed by atoms with Gasteiger partial charge >= 0.3 is 5.97 Å². The van der Waals surface area contributed by atoms with Gasteiger partial charge < -0.3 is 14.6 Å². The fraction of sp³-hybridized carbons (Fsp3) is 0.0741. The minimum absolute atomic E-state index is 0.234. The molecule has 0 fully saturated rings. The zero-order valence-electron chi connectivity index (χ0n) is 19.0. The molecule has 4 aromatic carbocycles. The van der Waals surface area contributed by atoms with Crippen LogP contribution in [0.2, 0.25) is 0 Å². The first-order valence-corrected chi connectivity index (χ1v) is 12.9. The fourth-order valence-corrected chi connectivity index (χ4v) is 5.61. The number of carboxylic acids is 1.